The van der Waals surface area contributed by atoms with E-state index in [1.54, 1.807) is 23.4 Å². The molecule has 1 saturated heterocycles. The molecular weight excluding hydrogens is 472 g/mol. The molecule has 1 saturated carbocycles. The lowest BCUT2D eigenvalue weighted by Gasteiger charge is -2.37. The van der Waals surface area contributed by atoms with Crippen LogP contribution in [0.3, 0.4) is 0 Å². The van der Waals surface area contributed by atoms with Crippen molar-refractivity contribution in [1.29, 1.82) is 5.26 Å². The van der Waals surface area contributed by atoms with Gasteiger partial charge in [0.25, 0.3) is 0 Å². The zero-order valence-corrected chi connectivity index (χ0v) is 21.1. The Morgan fingerprint density at radius 3 is 2.53 bits per heavy atom. The van der Waals surface area contributed by atoms with Crippen molar-refractivity contribution in [3.8, 4) is 6.07 Å². The fraction of sp³-hybridized carbons (Fsp3) is 0.625. The van der Waals surface area contributed by atoms with Crippen molar-refractivity contribution in [2.75, 3.05) is 6.54 Å². The zero-order chi connectivity index (χ0) is 24.0. The van der Waals surface area contributed by atoms with E-state index >= 15 is 0 Å². The van der Waals surface area contributed by atoms with Gasteiger partial charge < -0.3 is 15.0 Å². The van der Waals surface area contributed by atoms with Crippen LogP contribution in [0.4, 0.5) is 0 Å². The minimum atomic E-state index is -0.874. The van der Waals surface area contributed by atoms with E-state index < -0.39 is 23.4 Å². The highest BCUT2D eigenvalue weighted by Crippen LogP contribution is 2.65. The standard InChI is InChI=1S/C24H31BrN4O3/c1-13(30)7-16(23(2,3)4)22(32)29-12-17-19(24(17,5)6)20(29)21(31)28-18(9-26)14-8-15(25)11-27-10-14/h8,10-11,16-20H,7,12H2,1-6H3,(H,28,31)/t16?,17-,18?,19-,20-/m0/s1. The summed E-state index contributed by atoms with van der Waals surface area (Å²) < 4.78 is 0.711. The van der Waals surface area contributed by atoms with E-state index in [0.717, 1.165) is 0 Å². The smallest absolute Gasteiger partial charge is 0.244 e. The maximum Gasteiger partial charge on any atom is 0.244 e. The third-order valence-corrected chi connectivity index (χ3v) is 7.50. The molecule has 0 bridgehead atoms. The normalized spacial score (nSPS) is 25.3. The van der Waals surface area contributed by atoms with Gasteiger partial charge in [-0.1, -0.05) is 34.6 Å². The molecular formula is C24H31BrN4O3. The Morgan fingerprint density at radius 2 is 2.00 bits per heavy atom. The largest absolute Gasteiger partial charge is 0.335 e. The first-order valence-electron chi connectivity index (χ1n) is 10.9. The van der Waals surface area contributed by atoms with Gasteiger partial charge in [-0.05, 0) is 51.6 Å². The molecule has 1 aromatic rings. The van der Waals surface area contributed by atoms with Crippen LogP contribution in [0.2, 0.25) is 0 Å². The molecule has 1 aliphatic heterocycles. The second-order valence-electron chi connectivity index (χ2n) is 10.7. The van der Waals surface area contributed by atoms with Crippen molar-refractivity contribution in [1.82, 2.24) is 15.2 Å². The molecule has 172 valence electrons. The predicted octanol–water partition coefficient (Wildman–Crippen LogP) is 3.65. The fourth-order valence-electron chi connectivity index (χ4n) is 5.07. The molecule has 1 N–H and O–H groups in total. The third-order valence-electron chi connectivity index (χ3n) is 7.07. The molecule has 32 heavy (non-hydrogen) atoms. The first-order valence-corrected chi connectivity index (χ1v) is 11.7. The van der Waals surface area contributed by atoms with Gasteiger partial charge in [0.15, 0.2) is 0 Å². The SMILES string of the molecule is CC(=O)CC(C(=O)N1C[C@H]2[C@@H]([C@H]1C(=O)NC(C#N)c1cncc(Br)c1)C2(C)C)C(C)(C)C. The number of rotatable bonds is 6. The Kier molecular flexibility index (Phi) is 6.54. The number of hydrogen-bond acceptors (Lipinski definition) is 5. The number of fused-ring (bicyclic) bond motifs is 1. The van der Waals surface area contributed by atoms with E-state index in [2.05, 4.69) is 46.1 Å². The molecule has 0 spiro atoms. The Balaban J connectivity index is 1.87. The number of aromatic nitrogens is 1. The van der Waals surface area contributed by atoms with Gasteiger partial charge in [-0.15, -0.1) is 0 Å². The van der Waals surface area contributed by atoms with Crippen LogP contribution < -0.4 is 5.32 Å². The van der Waals surface area contributed by atoms with Crippen LogP contribution in [-0.2, 0) is 14.4 Å². The Bertz CT molecular complexity index is 978. The summed E-state index contributed by atoms with van der Waals surface area (Å²) in [4.78, 5) is 44.7. The zero-order valence-electron chi connectivity index (χ0n) is 19.5. The quantitative estimate of drug-likeness (QED) is 0.639. The molecule has 3 rings (SSSR count). The second-order valence-corrected chi connectivity index (χ2v) is 11.6. The highest BCUT2D eigenvalue weighted by atomic mass is 79.9. The van der Waals surface area contributed by atoms with E-state index in [9.17, 15) is 19.6 Å². The second kappa shape index (κ2) is 8.58. The van der Waals surface area contributed by atoms with Crippen LogP contribution in [0, 0.1) is 39.9 Å². The number of piperidine rings is 1. The van der Waals surface area contributed by atoms with Crippen LogP contribution in [0.5, 0.6) is 0 Å². The molecule has 0 radical (unpaired) electrons. The van der Waals surface area contributed by atoms with E-state index in [4.69, 9.17) is 0 Å². The molecule has 1 aromatic heterocycles. The van der Waals surface area contributed by atoms with Crippen LogP contribution in [0.25, 0.3) is 0 Å². The highest BCUT2D eigenvalue weighted by molar-refractivity contribution is 9.10. The topological polar surface area (TPSA) is 103 Å². The number of carbonyl (C=O) groups is 3. The van der Waals surface area contributed by atoms with Crippen molar-refractivity contribution < 1.29 is 14.4 Å². The lowest BCUT2D eigenvalue weighted by Crippen LogP contribution is -2.53. The average molecular weight is 503 g/mol. The van der Waals surface area contributed by atoms with E-state index in [1.807, 2.05) is 20.8 Å². The van der Waals surface area contributed by atoms with Crippen molar-refractivity contribution in [2.45, 2.75) is 60.0 Å². The summed E-state index contributed by atoms with van der Waals surface area (Å²) >= 11 is 3.34. The number of Topliss-reactive ketones (excluding diaryl/α,β-unsaturated/α-hetero) is 1. The van der Waals surface area contributed by atoms with Gasteiger partial charge in [0, 0.05) is 41.3 Å². The van der Waals surface area contributed by atoms with Crippen molar-refractivity contribution >= 4 is 33.5 Å². The number of carbonyl (C=O) groups excluding carboxylic acids is 3. The number of halogens is 1. The first kappa shape index (κ1) is 24.4. The number of nitrogens with one attached hydrogen (secondary N) is 1. The van der Waals surface area contributed by atoms with Gasteiger partial charge in [0.1, 0.15) is 17.9 Å². The van der Waals surface area contributed by atoms with E-state index in [1.165, 1.54) is 6.92 Å². The number of hydrogen-bond donors (Lipinski definition) is 1. The van der Waals surface area contributed by atoms with Crippen LogP contribution in [0.15, 0.2) is 22.9 Å². The summed E-state index contributed by atoms with van der Waals surface area (Å²) in [5.74, 6) is -0.780. The summed E-state index contributed by atoms with van der Waals surface area (Å²) in [6, 6.07) is 2.34. The number of nitrogens with zero attached hydrogens (tertiary/aromatic N) is 3. The fourth-order valence-corrected chi connectivity index (χ4v) is 5.45. The summed E-state index contributed by atoms with van der Waals surface area (Å²) in [5, 5.41) is 12.5. The van der Waals surface area contributed by atoms with Gasteiger partial charge in [-0.2, -0.15) is 5.26 Å². The van der Waals surface area contributed by atoms with Crippen molar-refractivity contribution in [3.05, 3.63) is 28.5 Å². The van der Waals surface area contributed by atoms with Crippen molar-refractivity contribution in [2.24, 2.45) is 28.6 Å². The summed E-state index contributed by atoms with van der Waals surface area (Å²) in [6.45, 7) is 12.0. The number of pyridine rings is 1. The van der Waals surface area contributed by atoms with Crippen LogP contribution in [-0.4, -0.2) is 40.1 Å². The van der Waals surface area contributed by atoms with E-state index in [0.29, 0.717) is 16.6 Å². The summed E-state index contributed by atoms with van der Waals surface area (Å²) in [5.41, 5.74) is 0.112. The molecule has 2 amide bonds. The Hall–Kier alpha value is -2.27. The highest BCUT2D eigenvalue weighted by Gasteiger charge is 2.69. The predicted molar refractivity (Wildman–Crippen MR) is 123 cm³/mol. The molecule has 5 atom stereocenters. The third kappa shape index (κ3) is 4.59. The van der Waals surface area contributed by atoms with Gasteiger partial charge >= 0.3 is 0 Å². The van der Waals surface area contributed by atoms with Crippen LogP contribution >= 0.6 is 15.9 Å². The van der Waals surface area contributed by atoms with Gasteiger partial charge in [0.05, 0.1) is 6.07 Å². The summed E-state index contributed by atoms with van der Waals surface area (Å²) in [7, 11) is 0. The minimum Gasteiger partial charge on any atom is -0.335 e. The molecule has 1 aliphatic carbocycles. The van der Waals surface area contributed by atoms with Gasteiger partial charge in [-0.3, -0.25) is 14.6 Å². The maximum atomic E-state index is 13.6. The van der Waals surface area contributed by atoms with Gasteiger partial charge in [0.2, 0.25) is 11.8 Å². The maximum absolute atomic E-state index is 13.6. The lowest BCUT2D eigenvalue weighted by atomic mass is 9.76. The van der Waals surface area contributed by atoms with Crippen LogP contribution in [0.1, 0.15) is 59.6 Å². The molecule has 7 nitrogen and oxygen atoms in total. The molecule has 2 aliphatic rings. The first-order chi connectivity index (χ1) is 14.8. The lowest BCUT2D eigenvalue weighted by molar-refractivity contribution is -0.147. The van der Waals surface area contributed by atoms with E-state index in [-0.39, 0.29) is 41.3 Å². The van der Waals surface area contributed by atoms with Gasteiger partial charge in [-0.25, -0.2) is 0 Å². The number of ketones is 1. The summed E-state index contributed by atoms with van der Waals surface area (Å²) in [6.07, 6.45) is 3.30. The molecule has 2 fully saturated rings. The molecule has 8 heteroatoms. The molecule has 2 heterocycles. The Labute approximate surface area is 198 Å². The average Bonchev–Trinajstić information content (AvgIpc) is 3.02. The Morgan fingerprint density at radius 1 is 1.34 bits per heavy atom. The molecule has 2 unspecified atom stereocenters. The van der Waals surface area contributed by atoms with Crippen molar-refractivity contribution in [3.63, 3.8) is 0 Å². The number of amides is 2. The number of nitriles is 1. The minimum absolute atomic E-state index is 0.0318. The molecule has 0 aromatic carbocycles. The number of likely N-dealkylation sites (tertiary alicyclic amines) is 1. The monoisotopic (exact) mass is 502 g/mol.